The Morgan fingerprint density at radius 3 is 2.39 bits per heavy atom. The van der Waals surface area contributed by atoms with E-state index in [2.05, 4.69) is 10.6 Å². The lowest BCUT2D eigenvalue weighted by Crippen LogP contribution is -2.44. The molecule has 0 radical (unpaired) electrons. The van der Waals surface area contributed by atoms with Crippen molar-refractivity contribution in [2.75, 3.05) is 44.7 Å². The predicted octanol–water partition coefficient (Wildman–Crippen LogP) is 2.33. The molecule has 1 aromatic heterocycles. The van der Waals surface area contributed by atoms with Gasteiger partial charge in [-0.15, -0.1) is 11.3 Å². The van der Waals surface area contributed by atoms with Crippen LogP contribution in [0.4, 0.5) is 9.80 Å². The number of hydrogen-bond donors (Lipinski definition) is 2. The Bertz CT molecular complexity index is 1060. The summed E-state index contributed by atoms with van der Waals surface area (Å²) in [5.74, 6) is -0.111. The number of thiophene rings is 1. The molecule has 2 fully saturated rings. The van der Waals surface area contributed by atoms with E-state index in [4.69, 9.17) is 4.74 Å². The van der Waals surface area contributed by atoms with Gasteiger partial charge in [0.15, 0.2) is 0 Å². The molecular weight excluding hydrogens is 464 g/mol. The summed E-state index contributed by atoms with van der Waals surface area (Å²) in [5.41, 5.74) is 1.05. The number of urea groups is 1. The third-order valence-corrected chi connectivity index (χ3v) is 9.20. The van der Waals surface area contributed by atoms with Crippen molar-refractivity contribution in [2.24, 2.45) is 5.92 Å². The van der Waals surface area contributed by atoms with Crippen molar-refractivity contribution in [3.05, 3.63) is 48.0 Å². The summed E-state index contributed by atoms with van der Waals surface area (Å²) < 4.78 is 32.3. The zero-order chi connectivity index (χ0) is 23.3. The van der Waals surface area contributed by atoms with Crippen molar-refractivity contribution in [3.8, 4) is 0 Å². The van der Waals surface area contributed by atoms with E-state index in [1.54, 1.807) is 11.0 Å². The van der Waals surface area contributed by atoms with Gasteiger partial charge in [-0.05, 0) is 30.5 Å². The van der Waals surface area contributed by atoms with Crippen LogP contribution in [0.5, 0.6) is 0 Å². The first kappa shape index (κ1) is 23.7. The van der Waals surface area contributed by atoms with Gasteiger partial charge in [0.2, 0.25) is 5.91 Å². The van der Waals surface area contributed by atoms with Crippen LogP contribution >= 0.6 is 11.3 Å². The van der Waals surface area contributed by atoms with Crippen LogP contribution in [0.1, 0.15) is 18.4 Å². The number of hydrogen-bond acceptors (Lipinski definition) is 6. The van der Waals surface area contributed by atoms with E-state index in [0.717, 1.165) is 16.9 Å². The molecule has 2 aromatic rings. The van der Waals surface area contributed by atoms with E-state index >= 15 is 0 Å². The third kappa shape index (κ3) is 5.91. The number of ether oxygens (including phenoxy) is 1. The van der Waals surface area contributed by atoms with Gasteiger partial charge in [-0.2, -0.15) is 4.31 Å². The first-order chi connectivity index (χ1) is 15.9. The number of anilines is 1. The highest BCUT2D eigenvalue weighted by molar-refractivity contribution is 7.91. The van der Waals surface area contributed by atoms with Gasteiger partial charge in [0.05, 0.1) is 18.2 Å². The van der Waals surface area contributed by atoms with Crippen molar-refractivity contribution in [2.45, 2.75) is 23.6 Å². The maximum Gasteiger partial charge on any atom is 0.322 e. The van der Waals surface area contributed by atoms with Crippen molar-refractivity contribution in [1.82, 2.24) is 14.5 Å². The van der Waals surface area contributed by atoms with Gasteiger partial charge in [0.1, 0.15) is 4.21 Å². The number of nitrogens with zero attached hydrogens (tertiary/aromatic N) is 2. The van der Waals surface area contributed by atoms with Gasteiger partial charge in [-0.3, -0.25) is 10.1 Å². The smallest absolute Gasteiger partial charge is 0.322 e. The monoisotopic (exact) mass is 492 g/mol. The first-order valence-electron chi connectivity index (χ1n) is 11.0. The second kappa shape index (κ2) is 10.6. The second-order valence-corrected chi connectivity index (χ2v) is 11.3. The van der Waals surface area contributed by atoms with Gasteiger partial charge < -0.3 is 15.0 Å². The summed E-state index contributed by atoms with van der Waals surface area (Å²) in [7, 11) is -3.58. The maximum atomic E-state index is 12.8. The van der Waals surface area contributed by atoms with Crippen molar-refractivity contribution < 1.29 is 22.7 Å². The predicted molar refractivity (Wildman–Crippen MR) is 126 cm³/mol. The second-order valence-electron chi connectivity index (χ2n) is 8.03. The lowest BCUT2D eigenvalue weighted by molar-refractivity contribution is -0.126. The molecule has 3 amide bonds. The summed E-state index contributed by atoms with van der Waals surface area (Å²) in [4.78, 5) is 26.8. The van der Waals surface area contributed by atoms with E-state index in [1.165, 1.54) is 10.4 Å². The number of carbonyl (C=O) groups is 2. The zero-order valence-corrected chi connectivity index (χ0v) is 19.9. The quantitative estimate of drug-likeness (QED) is 0.644. The van der Waals surface area contributed by atoms with Crippen molar-refractivity contribution >= 4 is 38.3 Å². The van der Waals surface area contributed by atoms with E-state index in [9.17, 15) is 18.0 Å². The third-order valence-electron chi connectivity index (χ3n) is 5.84. The number of morpholine rings is 1. The molecule has 0 spiro atoms. The molecular formula is C22H28N4O5S2. The number of piperidine rings is 1. The summed E-state index contributed by atoms with van der Waals surface area (Å²) in [6.07, 6.45) is 1.18. The molecule has 9 nitrogen and oxygen atoms in total. The van der Waals surface area contributed by atoms with E-state index in [-0.39, 0.29) is 22.1 Å². The van der Waals surface area contributed by atoms with Gasteiger partial charge in [0, 0.05) is 38.6 Å². The zero-order valence-electron chi connectivity index (χ0n) is 18.2. The summed E-state index contributed by atoms with van der Waals surface area (Å²) in [6, 6.07) is 12.6. The van der Waals surface area contributed by atoms with Crippen LogP contribution in [0.15, 0.2) is 46.7 Å². The van der Waals surface area contributed by atoms with Gasteiger partial charge in [-0.1, -0.05) is 30.3 Å². The largest absolute Gasteiger partial charge is 0.379 e. The standard InChI is InChI=1S/C22H28N4O5S2/c27-21(23-16-17-4-2-1-3-5-17)18-8-10-25(11-9-18)22(28)24-19-6-7-20(32-19)33(29,30)26-12-14-31-15-13-26/h1-7,18H,8-16H2,(H,23,27)(H,24,28). The molecule has 2 saturated heterocycles. The van der Waals surface area contributed by atoms with Crippen LogP contribution in [-0.2, 0) is 26.1 Å². The molecule has 3 heterocycles. The van der Waals surface area contributed by atoms with E-state index in [0.29, 0.717) is 63.8 Å². The average molecular weight is 493 g/mol. The molecule has 178 valence electrons. The number of benzene rings is 1. The molecule has 2 aliphatic rings. The van der Waals surface area contributed by atoms with E-state index in [1.807, 2.05) is 30.3 Å². The fourth-order valence-corrected chi connectivity index (χ4v) is 6.66. The highest BCUT2D eigenvalue weighted by Gasteiger charge is 2.29. The number of rotatable bonds is 6. The molecule has 2 aliphatic heterocycles. The fraction of sp³-hybridized carbons (Fsp3) is 0.455. The molecule has 4 rings (SSSR count). The maximum absolute atomic E-state index is 12.8. The van der Waals surface area contributed by atoms with Crippen LogP contribution in [0.2, 0.25) is 0 Å². The van der Waals surface area contributed by atoms with E-state index < -0.39 is 10.0 Å². The Labute approximate surface area is 197 Å². The molecule has 0 bridgehead atoms. The van der Waals surface area contributed by atoms with Gasteiger partial charge >= 0.3 is 6.03 Å². The minimum atomic E-state index is -3.58. The summed E-state index contributed by atoms with van der Waals surface area (Å²) in [5, 5.41) is 6.25. The Morgan fingerprint density at radius 2 is 1.70 bits per heavy atom. The number of amides is 3. The molecule has 0 atom stereocenters. The number of sulfonamides is 1. The molecule has 2 N–H and O–H groups in total. The molecule has 0 unspecified atom stereocenters. The normalized spacial score (nSPS) is 18.1. The minimum Gasteiger partial charge on any atom is -0.379 e. The number of carbonyl (C=O) groups excluding carboxylic acids is 2. The average Bonchev–Trinajstić information content (AvgIpc) is 3.33. The Kier molecular flexibility index (Phi) is 7.63. The lowest BCUT2D eigenvalue weighted by Gasteiger charge is -2.31. The summed E-state index contributed by atoms with van der Waals surface area (Å²) in [6.45, 7) is 2.86. The number of likely N-dealkylation sites (tertiary alicyclic amines) is 1. The van der Waals surface area contributed by atoms with Gasteiger partial charge in [-0.25, -0.2) is 13.2 Å². The number of nitrogens with one attached hydrogen (secondary N) is 2. The highest BCUT2D eigenvalue weighted by atomic mass is 32.2. The Morgan fingerprint density at radius 1 is 1.00 bits per heavy atom. The van der Waals surface area contributed by atoms with Crippen LogP contribution in [0.3, 0.4) is 0 Å². The molecule has 33 heavy (non-hydrogen) atoms. The SMILES string of the molecule is O=C(NCc1ccccc1)C1CCN(C(=O)Nc2ccc(S(=O)(=O)N3CCOCC3)s2)CC1. The van der Waals surface area contributed by atoms with Crippen LogP contribution in [0, 0.1) is 5.92 Å². The Hall–Kier alpha value is -2.47. The van der Waals surface area contributed by atoms with Crippen LogP contribution in [0.25, 0.3) is 0 Å². The topological polar surface area (TPSA) is 108 Å². The molecule has 11 heteroatoms. The Balaban J connectivity index is 1.25. The molecule has 0 saturated carbocycles. The summed E-state index contributed by atoms with van der Waals surface area (Å²) >= 11 is 1.04. The van der Waals surface area contributed by atoms with Crippen LogP contribution < -0.4 is 10.6 Å². The van der Waals surface area contributed by atoms with Crippen molar-refractivity contribution in [3.63, 3.8) is 0 Å². The first-order valence-corrected chi connectivity index (χ1v) is 13.2. The molecule has 0 aliphatic carbocycles. The van der Waals surface area contributed by atoms with Crippen LogP contribution in [-0.4, -0.2) is 69.0 Å². The fourth-order valence-electron chi connectivity index (χ4n) is 3.90. The highest BCUT2D eigenvalue weighted by Crippen LogP contribution is 2.29. The lowest BCUT2D eigenvalue weighted by atomic mass is 9.96. The van der Waals surface area contributed by atoms with Gasteiger partial charge in [0.25, 0.3) is 10.0 Å². The molecule has 1 aromatic carbocycles. The minimum absolute atomic E-state index is 0.00938. The van der Waals surface area contributed by atoms with Crippen molar-refractivity contribution in [1.29, 1.82) is 0 Å².